The van der Waals surface area contributed by atoms with Gasteiger partial charge in [-0.1, -0.05) is 78.4 Å². The molecule has 0 amide bonds. The van der Waals surface area contributed by atoms with E-state index in [0.717, 1.165) is 21.3 Å². The van der Waals surface area contributed by atoms with Crippen LogP contribution < -0.4 is 11.2 Å². The molecule has 12 heteroatoms. The minimum absolute atomic E-state index is 0.0311. The van der Waals surface area contributed by atoms with Crippen LogP contribution in [-0.2, 0) is 41.7 Å². The van der Waals surface area contributed by atoms with Crippen LogP contribution >= 0.6 is 0 Å². The third-order valence-corrected chi connectivity index (χ3v) is 8.67. The Labute approximate surface area is 254 Å². The molecule has 1 saturated heterocycles. The first-order chi connectivity index (χ1) is 21.1. The van der Waals surface area contributed by atoms with Crippen LogP contribution in [-0.4, -0.2) is 54.1 Å². The summed E-state index contributed by atoms with van der Waals surface area (Å²) in [4.78, 5) is 27.1. The van der Waals surface area contributed by atoms with Crippen LogP contribution in [0.2, 0.25) is 0 Å². The van der Waals surface area contributed by atoms with Crippen molar-refractivity contribution in [1.29, 1.82) is 0 Å². The van der Waals surface area contributed by atoms with E-state index in [1.807, 2.05) is 67.6 Å². The number of nitrogens with zero attached hydrogens (tertiary/aromatic N) is 1. The first-order valence-electron chi connectivity index (χ1n) is 14.0. The molecule has 1 aliphatic heterocycles. The second-order valence-corrected chi connectivity index (χ2v) is 12.4. The van der Waals surface area contributed by atoms with Gasteiger partial charge in [0, 0.05) is 11.8 Å². The molecule has 0 saturated carbocycles. The van der Waals surface area contributed by atoms with Gasteiger partial charge >= 0.3 is 5.69 Å². The number of aliphatic hydroxyl groups is 1. The molecular formula is C32H34N2O9S. The molecule has 0 spiro atoms. The fourth-order valence-corrected chi connectivity index (χ4v) is 5.95. The third-order valence-electron chi connectivity index (χ3n) is 7.39. The van der Waals surface area contributed by atoms with Crippen LogP contribution in [0.4, 0.5) is 0 Å². The second kappa shape index (κ2) is 13.4. The van der Waals surface area contributed by atoms with Gasteiger partial charge in [-0.2, -0.15) is 8.42 Å². The standard InChI is InChI=1S/C32H34N2O9S/c1-22-13-15-26(16-14-22)44(38,39)42-21-32(20-40-18-24-9-5-3-6-10-24)28(41-19-25-11-7-4-8-12-25)27(35)30(43-32)34-17-23(2)29(36)33-31(34)37/h3-17,27-28,30,35H,18-21H2,1-2H3,(H,33,36,37)/t27-,28+,30-,32+/m1/s1. The number of H-pyrrole nitrogens is 1. The maximum Gasteiger partial charge on any atom is 0.330 e. The molecule has 4 atom stereocenters. The van der Waals surface area contributed by atoms with Crippen LogP contribution in [0.5, 0.6) is 0 Å². The lowest BCUT2D eigenvalue weighted by molar-refractivity contribution is -0.171. The predicted octanol–water partition coefficient (Wildman–Crippen LogP) is 2.99. The van der Waals surface area contributed by atoms with Gasteiger partial charge in [0.1, 0.15) is 24.4 Å². The highest BCUT2D eigenvalue weighted by Gasteiger charge is 2.58. The second-order valence-electron chi connectivity index (χ2n) is 10.8. The lowest BCUT2D eigenvalue weighted by atomic mass is 9.96. The molecule has 0 bridgehead atoms. The van der Waals surface area contributed by atoms with Crippen molar-refractivity contribution in [3.05, 3.63) is 134 Å². The van der Waals surface area contributed by atoms with Gasteiger partial charge < -0.3 is 19.3 Å². The Kier molecular flexibility index (Phi) is 9.59. The highest BCUT2D eigenvalue weighted by molar-refractivity contribution is 7.86. The zero-order chi connectivity index (χ0) is 31.3. The van der Waals surface area contributed by atoms with Gasteiger partial charge in [0.25, 0.3) is 15.7 Å². The van der Waals surface area contributed by atoms with Gasteiger partial charge in [0.15, 0.2) is 6.23 Å². The summed E-state index contributed by atoms with van der Waals surface area (Å²) < 4.78 is 51.8. The minimum Gasteiger partial charge on any atom is -0.386 e. The van der Waals surface area contributed by atoms with E-state index in [0.29, 0.717) is 0 Å². The third kappa shape index (κ3) is 7.07. The molecule has 2 heterocycles. The largest absolute Gasteiger partial charge is 0.386 e. The van der Waals surface area contributed by atoms with E-state index in [9.17, 15) is 23.1 Å². The monoisotopic (exact) mass is 622 g/mol. The first kappa shape index (κ1) is 31.5. The fourth-order valence-electron chi connectivity index (χ4n) is 4.99. The van der Waals surface area contributed by atoms with E-state index < -0.39 is 52.0 Å². The predicted molar refractivity (Wildman–Crippen MR) is 160 cm³/mol. The Morgan fingerprint density at radius 1 is 0.886 bits per heavy atom. The smallest absolute Gasteiger partial charge is 0.330 e. The summed E-state index contributed by atoms with van der Waals surface area (Å²) in [6, 6.07) is 24.7. The van der Waals surface area contributed by atoms with Crippen molar-refractivity contribution in [1.82, 2.24) is 9.55 Å². The van der Waals surface area contributed by atoms with Crippen molar-refractivity contribution in [3.63, 3.8) is 0 Å². The zero-order valence-electron chi connectivity index (χ0n) is 24.3. The number of aromatic amines is 1. The zero-order valence-corrected chi connectivity index (χ0v) is 25.1. The average molecular weight is 623 g/mol. The van der Waals surface area contributed by atoms with E-state index in [2.05, 4.69) is 4.98 Å². The maximum atomic E-state index is 13.3. The number of hydrogen-bond donors (Lipinski definition) is 2. The Bertz CT molecular complexity index is 1770. The Balaban J connectivity index is 1.52. The van der Waals surface area contributed by atoms with E-state index in [1.54, 1.807) is 12.1 Å². The molecule has 0 radical (unpaired) electrons. The van der Waals surface area contributed by atoms with E-state index >= 15 is 0 Å². The molecule has 1 aliphatic rings. The number of aromatic nitrogens is 2. The lowest BCUT2D eigenvalue weighted by Gasteiger charge is -2.33. The number of aryl methyl sites for hydroxylation is 2. The van der Waals surface area contributed by atoms with Crippen molar-refractivity contribution < 1.29 is 31.9 Å². The van der Waals surface area contributed by atoms with Gasteiger partial charge in [-0.3, -0.25) is 18.5 Å². The molecule has 232 valence electrons. The van der Waals surface area contributed by atoms with Gasteiger partial charge in [0.05, 0.1) is 24.7 Å². The molecular weight excluding hydrogens is 588 g/mol. The molecule has 44 heavy (non-hydrogen) atoms. The molecule has 11 nitrogen and oxygen atoms in total. The Morgan fingerprint density at radius 3 is 2.14 bits per heavy atom. The fraction of sp³-hybridized carbons (Fsp3) is 0.312. The number of rotatable bonds is 12. The van der Waals surface area contributed by atoms with Crippen molar-refractivity contribution in [2.75, 3.05) is 13.2 Å². The molecule has 0 unspecified atom stereocenters. The summed E-state index contributed by atoms with van der Waals surface area (Å²) >= 11 is 0. The van der Waals surface area contributed by atoms with Crippen LogP contribution in [0.15, 0.2) is 106 Å². The van der Waals surface area contributed by atoms with Crippen molar-refractivity contribution in [3.8, 4) is 0 Å². The minimum atomic E-state index is -4.28. The normalized spacial score (nSPS) is 21.8. The van der Waals surface area contributed by atoms with Crippen LogP contribution in [0, 0.1) is 13.8 Å². The van der Waals surface area contributed by atoms with Crippen LogP contribution in [0.25, 0.3) is 0 Å². The first-order valence-corrected chi connectivity index (χ1v) is 15.4. The van der Waals surface area contributed by atoms with Crippen molar-refractivity contribution in [2.24, 2.45) is 0 Å². The quantitative estimate of drug-likeness (QED) is 0.228. The summed E-state index contributed by atoms with van der Waals surface area (Å²) in [6.07, 6.45) is -2.82. The van der Waals surface area contributed by atoms with Gasteiger partial charge in [-0.15, -0.1) is 0 Å². The highest BCUT2D eigenvalue weighted by Crippen LogP contribution is 2.40. The average Bonchev–Trinajstić information content (AvgIpc) is 3.29. The highest BCUT2D eigenvalue weighted by atomic mass is 32.2. The topological polar surface area (TPSA) is 146 Å². The number of hydrogen-bond acceptors (Lipinski definition) is 9. The Hall–Kier alpha value is -3.91. The van der Waals surface area contributed by atoms with E-state index in [1.165, 1.54) is 25.3 Å². The molecule has 1 aromatic heterocycles. The molecule has 3 aromatic carbocycles. The van der Waals surface area contributed by atoms with Gasteiger partial charge in [0.2, 0.25) is 0 Å². The molecule has 5 rings (SSSR count). The van der Waals surface area contributed by atoms with Gasteiger partial charge in [-0.25, -0.2) is 4.79 Å². The summed E-state index contributed by atoms with van der Waals surface area (Å²) in [5.41, 5.74) is -0.405. The summed E-state index contributed by atoms with van der Waals surface area (Å²) in [5, 5.41) is 11.6. The number of nitrogens with one attached hydrogen (secondary N) is 1. The van der Waals surface area contributed by atoms with E-state index in [4.69, 9.17) is 18.4 Å². The molecule has 0 aliphatic carbocycles. The number of benzene rings is 3. The summed E-state index contributed by atoms with van der Waals surface area (Å²) in [6.45, 7) is 2.63. The molecule has 1 fully saturated rings. The van der Waals surface area contributed by atoms with E-state index in [-0.39, 0.29) is 30.3 Å². The maximum absolute atomic E-state index is 13.3. The van der Waals surface area contributed by atoms with Crippen LogP contribution in [0.3, 0.4) is 0 Å². The van der Waals surface area contributed by atoms with Crippen molar-refractivity contribution in [2.45, 2.75) is 56.0 Å². The molecule has 2 N–H and O–H groups in total. The Morgan fingerprint density at radius 2 is 1.50 bits per heavy atom. The SMILES string of the molecule is Cc1ccc(S(=O)(=O)OC[C@]2(COCc3ccccc3)O[C@@H](n3cc(C)c(=O)[nH]c3=O)[C@H](O)[C@@H]2OCc2ccccc2)cc1. The van der Waals surface area contributed by atoms with Crippen LogP contribution in [0.1, 0.15) is 28.5 Å². The van der Waals surface area contributed by atoms with Gasteiger partial charge in [-0.05, 0) is 37.1 Å². The number of ether oxygens (including phenoxy) is 3. The number of aliphatic hydroxyl groups excluding tert-OH is 1. The van der Waals surface area contributed by atoms with Crippen molar-refractivity contribution >= 4 is 10.1 Å². The summed E-state index contributed by atoms with van der Waals surface area (Å²) in [7, 11) is -4.28. The summed E-state index contributed by atoms with van der Waals surface area (Å²) in [5.74, 6) is 0. The lowest BCUT2D eigenvalue weighted by Crippen LogP contribution is -2.52. The molecule has 4 aromatic rings.